The average Bonchev–Trinajstić information content (AvgIpc) is 1.71. The van der Waals surface area contributed by atoms with Gasteiger partial charge >= 0.3 is 0 Å². The van der Waals surface area contributed by atoms with Crippen molar-refractivity contribution >= 4 is 0 Å². The quantitative estimate of drug-likeness (QED) is 0.500. The van der Waals surface area contributed by atoms with Gasteiger partial charge in [-0.2, -0.15) is 0 Å². The van der Waals surface area contributed by atoms with Gasteiger partial charge in [-0.25, -0.2) is 0 Å². The van der Waals surface area contributed by atoms with Gasteiger partial charge in [-0.1, -0.05) is 0 Å². The molecule has 3 heteroatoms. The second-order valence-corrected chi connectivity index (χ2v) is 5.82. The first-order chi connectivity index (χ1) is 5.91. The third-order valence-corrected chi connectivity index (χ3v) is 4.05. The van der Waals surface area contributed by atoms with Crippen LogP contribution in [0, 0.1) is 5.92 Å². The molecule has 0 amide bonds. The zero-order valence-corrected chi connectivity index (χ0v) is 7.79. The Balaban J connectivity index is 2.03. The summed E-state index contributed by atoms with van der Waals surface area (Å²) in [6.45, 7) is 0. The lowest BCUT2D eigenvalue weighted by atomic mass is 9.49. The first-order valence-electron chi connectivity index (χ1n) is 5.14. The van der Waals surface area contributed by atoms with E-state index in [0.29, 0.717) is 25.2 Å². The summed E-state index contributed by atoms with van der Waals surface area (Å²) in [5.41, 5.74) is 4.60. The maximum atomic E-state index is 10.2. The summed E-state index contributed by atoms with van der Waals surface area (Å²) in [5, 5.41) is 20.4. The van der Waals surface area contributed by atoms with Gasteiger partial charge in [0, 0.05) is 12.0 Å². The molecule has 0 aliphatic heterocycles. The Labute approximate surface area is 77.9 Å². The van der Waals surface area contributed by atoms with Crippen molar-refractivity contribution in [3.8, 4) is 0 Å². The molecule has 4 aliphatic carbocycles. The highest BCUT2D eigenvalue weighted by molar-refractivity contribution is 5.16. The Hall–Kier alpha value is -0.120. The molecule has 0 saturated heterocycles. The Morgan fingerprint density at radius 1 is 0.923 bits per heavy atom. The minimum Gasteiger partial charge on any atom is -0.390 e. The third-order valence-electron chi connectivity index (χ3n) is 4.05. The lowest BCUT2D eigenvalue weighted by Crippen LogP contribution is -2.68. The van der Waals surface area contributed by atoms with Crippen LogP contribution in [0.5, 0.6) is 0 Å². The summed E-state index contributed by atoms with van der Waals surface area (Å²) >= 11 is 0. The van der Waals surface area contributed by atoms with Crippen molar-refractivity contribution < 1.29 is 10.2 Å². The fraction of sp³-hybridized carbons (Fsp3) is 1.00. The number of nitrogens with two attached hydrogens (primary N) is 1. The number of aliphatic hydroxyl groups is 2. The summed E-state index contributed by atoms with van der Waals surface area (Å²) in [6, 6.07) is 0. The van der Waals surface area contributed by atoms with Crippen LogP contribution in [0.25, 0.3) is 0 Å². The molecule has 4 saturated carbocycles. The number of hydrogen-bond acceptors (Lipinski definition) is 3. The molecule has 3 nitrogen and oxygen atoms in total. The molecule has 2 unspecified atom stereocenters. The molecule has 4 bridgehead atoms. The Morgan fingerprint density at radius 3 is 1.85 bits per heavy atom. The molecule has 0 aromatic rings. The molecule has 0 radical (unpaired) electrons. The van der Waals surface area contributed by atoms with Crippen molar-refractivity contribution in [3.63, 3.8) is 0 Å². The molecule has 4 fully saturated rings. The SMILES string of the molecule is NC12CC3C[C@@](O)(C1)C[C@](O)(C3)C2. The summed E-state index contributed by atoms with van der Waals surface area (Å²) in [5.74, 6) is 0.455. The summed E-state index contributed by atoms with van der Waals surface area (Å²) in [7, 11) is 0. The second-order valence-electron chi connectivity index (χ2n) is 5.82. The van der Waals surface area contributed by atoms with Crippen molar-refractivity contribution in [2.75, 3.05) is 0 Å². The van der Waals surface area contributed by atoms with Crippen LogP contribution in [0.15, 0.2) is 0 Å². The molecule has 0 aromatic carbocycles. The van der Waals surface area contributed by atoms with Crippen molar-refractivity contribution in [1.82, 2.24) is 0 Å². The predicted molar refractivity (Wildman–Crippen MR) is 48.0 cm³/mol. The monoisotopic (exact) mass is 183 g/mol. The van der Waals surface area contributed by atoms with Crippen LogP contribution in [0.3, 0.4) is 0 Å². The summed E-state index contributed by atoms with van der Waals surface area (Å²) in [6.07, 6.45) is 4.65. The van der Waals surface area contributed by atoms with Crippen molar-refractivity contribution in [3.05, 3.63) is 0 Å². The predicted octanol–water partition coefficient (Wildman–Crippen LogP) is 0.144. The largest absolute Gasteiger partial charge is 0.390 e. The van der Waals surface area contributed by atoms with Crippen LogP contribution in [-0.2, 0) is 0 Å². The lowest BCUT2D eigenvalue weighted by molar-refractivity contribution is -0.205. The first kappa shape index (κ1) is 8.21. The first-order valence-corrected chi connectivity index (χ1v) is 5.14. The van der Waals surface area contributed by atoms with Gasteiger partial charge < -0.3 is 15.9 Å². The molecule has 0 spiro atoms. The van der Waals surface area contributed by atoms with E-state index in [2.05, 4.69) is 0 Å². The Bertz CT molecular complexity index is 215. The minimum atomic E-state index is -0.650. The van der Waals surface area contributed by atoms with E-state index in [-0.39, 0.29) is 5.54 Å². The van der Waals surface area contributed by atoms with E-state index in [0.717, 1.165) is 19.3 Å². The van der Waals surface area contributed by atoms with Crippen molar-refractivity contribution in [1.29, 1.82) is 0 Å². The molecule has 4 atom stereocenters. The molecule has 0 heterocycles. The van der Waals surface area contributed by atoms with Gasteiger partial charge in [0.15, 0.2) is 0 Å². The van der Waals surface area contributed by atoms with E-state index in [1.165, 1.54) is 0 Å². The van der Waals surface area contributed by atoms with E-state index in [1.54, 1.807) is 0 Å². The molecule has 4 rings (SSSR count). The van der Waals surface area contributed by atoms with E-state index in [4.69, 9.17) is 5.73 Å². The lowest BCUT2D eigenvalue weighted by Gasteiger charge is -2.62. The molecule has 4 aliphatic rings. The van der Waals surface area contributed by atoms with Crippen molar-refractivity contribution in [2.45, 2.75) is 55.3 Å². The maximum absolute atomic E-state index is 10.2. The molecular formula is C10H17NO2. The van der Waals surface area contributed by atoms with E-state index in [1.807, 2.05) is 0 Å². The molecule has 74 valence electrons. The molecule has 0 aromatic heterocycles. The summed E-state index contributed by atoms with van der Waals surface area (Å²) < 4.78 is 0. The van der Waals surface area contributed by atoms with E-state index in [9.17, 15) is 10.2 Å². The highest BCUT2D eigenvalue weighted by Crippen LogP contribution is 2.58. The standard InChI is InChI=1S/C10H17NO2/c11-8-1-7-2-9(12,4-8)6-10(13,3-7)5-8/h7,12-13H,1-6,11H2/t7?,8?,9-,10+. The Kier molecular flexibility index (Phi) is 1.23. The van der Waals surface area contributed by atoms with Gasteiger partial charge in [0.25, 0.3) is 0 Å². The molecular weight excluding hydrogens is 166 g/mol. The fourth-order valence-corrected chi connectivity index (χ4v) is 4.41. The topological polar surface area (TPSA) is 66.5 Å². The molecule has 13 heavy (non-hydrogen) atoms. The van der Waals surface area contributed by atoms with Crippen LogP contribution in [0.1, 0.15) is 38.5 Å². The highest BCUT2D eigenvalue weighted by Gasteiger charge is 2.61. The van der Waals surface area contributed by atoms with Crippen LogP contribution < -0.4 is 5.73 Å². The Morgan fingerprint density at radius 2 is 1.46 bits per heavy atom. The van der Waals surface area contributed by atoms with E-state index >= 15 is 0 Å². The zero-order chi connectivity index (χ0) is 9.32. The third kappa shape index (κ3) is 1.07. The second kappa shape index (κ2) is 1.95. The molecule has 4 N–H and O–H groups in total. The number of rotatable bonds is 0. The van der Waals surface area contributed by atoms with Crippen molar-refractivity contribution in [2.24, 2.45) is 11.7 Å². The van der Waals surface area contributed by atoms with Crippen LogP contribution in [-0.4, -0.2) is 27.0 Å². The normalized spacial score (nSPS) is 64.4. The highest BCUT2D eigenvalue weighted by atomic mass is 16.3. The average molecular weight is 183 g/mol. The van der Waals surface area contributed by atoms with Crippen LogP contribution in [0.2, 0.25) is 0 Å². The van der Waals surface area contributed by atoms with Gasteiger partial charge in [0.1, 0.15) is 0 Å². The van der Waals surface area contributed by atoms with E-state index < -0.39 is 11.2 Å². The van der Waals surface area contributed by atoms with Gasteiger partial charge in [-0.3, -0.25) is 0 Å². The van der Waals surface area contributed by atoms with Crippen LogP contribution >= 0.6 is 0 Å². The van der Waals surface area contributed by atoms with Gasteiger partial charge in [0.2, 0.25) is 0 Å². The van der Waals surface area contributed by atoms with Crippen LogP contribution in [0.4, 0.5) is 0 Å². The smallest absolute Gasteiger partial charge is 0.0695 e. The fourth-order valence-electron chi connectivity index (χ4n) is 4.41. The van der Waals surface area contributed by atoms with Gasteiger partial charge in [-0.05, 0) is 38.0 Å². The van der Waals surface area contributed by atoms with Gasteiger partial charge in [0.05, 0.1) is 11.2 Å². The zero-order valence-electron chi connectivity index (χ0n) is 7.79. The van der Waals surface area contributed by atoms with Gasteiger partial charge in [-0.15, -0.1) is 0 Å². The minimum absolute atomic E-state index is 0.275. The summed E-state index contributed by atoms with van der Waals surface area (Å²) in [4.78, 5) is 0. The number of hydrogen-bond donors (Lipinski definition) is 3. The maximum Gasteiger partial charge on any atom is 0.0695 e.